The van der Waals surface area contributed by atoms with Gasteiger partial charge in [0, 0.05) is 16.2 Å². The molecule has 1 aliphatic heterocycles. The van der Waals surface area contributed by atoms with E-state index in [1.165, 1.54) is 4.90 Å². The SMILES string of the molecule is COc1cccc(NC2=C(c3ccccc3)C(=O)N(c3ccc(Br)cc3)C2=O)c1. The van der Waals surface area contributed by atoms with Gasteiger partial charge in [0.05, 0.1) is 18.4 Å². The van der Waals surface area contributed by atoms with Gasteiger partial charge in [0.2, 0.25) is 0 Å². The van der Waals surface area contributed by atoms with E-state index in [0.29, 0.717) is 28.3 Å². The van der Waals surface area contributed by atoms with Gasteiger partial charge in [0.1, 0.15) is 11.4 Å². The van der Waals surface area contributed by atoms with Gasteiger partial charge in [-0.05, 0) is 42.0 Å². The fraction of sp³-hybridized carbons (Fsp3) is 0.0435. The number of methoxy groups -OCH3 is 1. The van der Waals surface area contributed by atoms with Crippen molar-refractivity contribution in [2.24, 2.45) is 0 Å². The van der Waals surface area contributed by atoms with Crippen LogP contribution >= 0.6 is 15.9 Å². The van der Waals surface area contributed by atoms with Crippen molar-refractivity contribution >= 4 is 44.7 Å². The van der Waals surface area contributed by atoms with Crippen molar-refractivity contribution in [1.82, 2.24) is 0 Å². The van der Waals surface area contributed by atoms with E-state index < -0.39 is 5.91 Å². The standard InChI is InChI=1S/C23H17BrN2O3/c1-29-19-9-5-8-17(14-19)25-21-20(15-6-3-2-4-7-15)22(27)26(23(21)28)18-12-10-16(24)11-13-18/h2-14,25H,1H3. The lowest BCUT2D eigenvalue weighted by molar-refractivity contribution is -0.120. The quantitative estimate of drug-likeness (QED) is 0.566. The summed E-state index contributed by atoms with van der Waals surface area (Å²) in [6, 6.07) is 23.5. The molecule has 1 heterocycles. The van der Waals surface area contributed by atoms with Crippen LogP contribution in [0.25, 0.3) is 5.57 Å². The number of hydrogen-bond acceptors (Lipinski definition) is 4. The molecule has 0 spiro atoms. The van der Waals surface area contributed by atoms with Gasteiger partial charge in [-0.15, -0.1) is 0 Å². The van der Waals surface area contributed by atoms with Crippen LogP contribution in [0, 0.1) is 0 Å². The zero-order valence-corrected chi connectivity index (χ0v) is 17.1. The molecule has 3 aromatic rings. The number of rotatable bonds is 5. The van der Waals surface area contributed by atoms with Gasteiger partial charge in [-0.3, -0.25) is 9.59 Å². The first kappa shape index (κ1) is 19.0. The summed E-state index contributed by atoms with van der Waals surface area (Å²) in [6.07, 6.45) is 0. The van der Waals surface area contributed by atoms with Gasteiger partial charge in [0.15, 0.2) is 0 Å². The first-order valence-electron chi connectivity index (χ1n) is 8.93. The van der Waals surface area contributed by atoms with Gasteiger partial charge in [0.25, 0.3) is 11.8 Å². The van der Waals surface area contributed by atoms with E-state index in [4.69, 9.17) is 4.74 Å². The monoisotopic (exact) mass is 448 g/mol. The van der Waals surface area contributed by atoms with E-state index in [1.807, 2.05) is 48.5 Å². The number of imide groups is 1. The first-order chi connectivity index (χ1) is 14.1. The fourth-order valence-corrected chi connectivity index (χ4v) is 3.45. The molecule has 0 saturated carbocycles. The van der Waals surface area contributed by atoms with E-state index >= 15 is 0 Å². The second kappa shape index (κ2) is 7.93. The number of halogens is 1. The Morgan fingerprint density at radius 2 is 1.59 bits per heavy atom. The molecule has 0 radical (unpaired) electrons. The lowest BCUT2D eigenvalue weighted by atomic mass is 10.0. The van der Waals surface area contributed by atoms with Crippen molar-refractivity contribution in [1.29, 1.82) is 0 Å². The number of carbonyl (C=O) groups is 2. The van der Waals surface area contributed by atoms with E-state index in [2.05, 4.69) is 21.2 Å². The fourth-order valence-electron chi connectivity index (χ4n) is 3.19. The molecule has 0 fully saturated rings. The predicted molar refractivity (Wildman–Crippen MR) is 117 cm³/mol. The molecule has 1 N–H and O–H groups in total. The van der Waals surface area contributed by atoms with Crippen LogP contribution in [-0.2, 0) is 9.59 Å². The van der Waals surface area contributed by atoms with Crippen molar-refractivity contribution in [2.45, 2.75) is 0 Å². The molecule has 0 atom stereocenters. The van der Waals surface area contributed by atoms with Crippen LogP contribution < -0.4 is 15.0 Å². The molecule has 0 unspecified atom stereocenters. The van der Waals surface area contributed by atoms with Gasteiger partial charge >= 0.3 is 0 Å². The number of anilines is 2. The van der Waals surface area contributed by atoms with Crippen LogP contribution in [-0.4, -0.2) is 18.9 Å². The summed E-state index contributed by atoms with van der Waals surface area (Å²) >= 11 is 3.38. The highest BCUT2D eigenvalue weighted by Gasteiger charge is 2.40. The number of carbonyl (C=O) groups excluding carboxylic acids is 2. The van der Waals surface area contributed by atoms with Crippen LogP contribution in [0.15, 0.2) is 89.0 Å². The average molecular weight is 449 g/mol. The number of amides is 2. The maximum absolute atomic E-state index is 13.3. The third-order valence-corrected chi connectivity index (χ3v) is 5.10. The Kier molecular flexibility index (Phi) is 5.18. The van der Waals surface area contributed by atoms with E-state index in [1.54, 1.807) is 37.4 Å². The summed E-state index contributed by atoms with van der Waals surface area (Å²) in [5.74, 6) is -0.119. The summed E-state index contributed by atoms with van der Waals surface area (Å²) in [6.45, 7) is 0. The van der Waals surface area contributed by atoms with E-state index in [0.717, 1.165) is 4.47 Å². The largest absolute Gasteiger partial charge is 0.497 e. The Bertz CT molecular complexity index is 1110. The van der Waals surface area contributed by atoms with E-state index in [-0.39, 0.29) is 11.6 Å². The number of benzene rings is 3. The normalized spacial score (nSPS) is 13.8. The maximum Gasteiger partial charge on any atom is 0.282 e. The highest BCUT2D eigenvalue weighted by molar-refractivity contribution is 9.10. The second-order valence-electron chi connectivity index (χ2n) is 6.40. The van der Waals surface area contributed by atoms with Gasteiger partial charge in [-0.2, -0.15) is 0 Å². The number of ether oxygens (including phenoxy) is 1. The lowest BCUT2D eigenvalue weighted by Crippen LogP contribution is -2.32. The van der Waals surface area contributed by atoms with Crippen molar-refractivity contribution in [3.63, 3.8) is 0 Å². The van der Waals surface area contributed by atoms with Crippen LogP contribution in [0.1, 0.15) is 5.56 Å². The molecule has 0 aliphatic carbocycles. The molecule has 4 rings (SSSR count). The minimum Gasteiger partial charge on any atom is -0.497 e. The van der Waals surface area contributed by atoms with Crippen molar-refractivity contribution in [2.75, 3.05) is 17.3 Å². The Labute approximate surface area is 176 Å². The molecule has 144 valence electrons. The summed E-state index contributed by atoms with van der Waals surface area (Å²) < 4.78 is 6.12. The third kappa shape index (κ3) is 3.67. The van der Waals surface area contributed by atoms with Crippen LogP contribution in [0.3, 0.4) is 0 Å². The minimum absolute atomic E-state index is 0.234. The maximum atomic E-state index is 13.3. The molecular formula is C23H17BrN2O3. The Morgan fingerprint density at radius 3 is 2.28 bits per heavy atom. The second-order valence-corrected chi connectivity index (χ2v) is 7.31. The summed E-state index contributed by atoms with van der Waals surface area (Å²) in [5, 5.41) is 3.13. The molecule has 29 heavy (non-hydrogen) atoms. The smallest absolute Gasteiger partial charge is 0.282 e. The molecule has 1 aliphatic rings. The number of nitrogens with zero attached hydrogens (tertiary/aromatic N) is 1. The molecule has 0 saturated heterocycles. The molecule has 6 heteroatoms. The topological polar surface area (TPSA) is 58.6 Å². The molecule has 5 nitrogen and oxygen atoms in total. The van der Waals surface area contributed by atoms with Gasteiger partial charge in [-0.25, -0.2) is 4.90 Å². The Hall–Kier alpha value is -3.38. The van der Waals surface area contributed by atoms with Crippen LogP contribution in [0.2, 0.25) is 0 Å². The van der Waals surface area contributed by atoms with E-state index in [9.17, 15) is 9.59 Å². The number of nitrogens with one attached hydrogen (secondary N) is 1. The minimum atomic E-state index is -0.404. The van der Waals surface area contributed by atoms with Crippen molar-refractivity contribution < 1.29 is 14.3 Å². The number of hydrogen-bond donors (Lipinski definition) is 1. The molecule has 0 bridgehead atoms. The molecule has 0 aromatic heterocycles. The third-order valence-electron chi connectivity index (χ3n) is 4.57. The van der Waals surface area contributed by atoms with Crippen molar-refractivity contribution in [3.8, 4) is 5.75 Å². The predicted octanol–water partition coefficient (Wildman–Crippen LogP) is 4.85. The molecular weight excluding hydrogens is 432 g/mol. The van der Waals surface area contributed by atoms with Gasteiger partial charge < -0.3 is 10.1 Å². The van der Waals surface area contributed by atoms with Crippen molar-refractivity contribution in [3.05, 3.63) is 94.6 Å². The Balaban J connectivity index is 1.80. The average Bonchev–Trinajstić information content (AvgIpc) is 2.99. The lowest BCUT2D eigenvalue weighted by Gasteiger charge is -2.15. The van der Waals surface area contributed by atoms with Crippen LogP contribution in [0.5, 0.6) is 5.75 Å². The summed E-state index contributed by atoms with van der Waals surface area (Å²) in [5.41, 5.74) is 2.42. The highest BCUT2D eigenvalue weighted by Crippen LogP contribution is 2.34. The molecule has 2 amide bonds. The Morgan fingerprint density at radius 1 is 0.862 bits per heavy atom. The van der Waals surface area contributed by atoms with Gasteiger partial charge in [-0.1, -0.05) is 52.3 Å². The summed E-state index contributed by atoms with van der Waals surface area (Å²) in [7, 11) is 1.58. The highest BCUT2D eigenvalue weighted by atomic mass is 79.9. The summed E-state index contributed by atoms with van der Waals surface area (Å²) in [4.78, 5) is 27.8. The van der Waals surface area contributed by atoms with Crippen LogP contribution in [0.4, 0.5) is 11.4 Å². The zero-order chi connectivity index (χ0) is 20.4. The zero-order valence-electron chi connectivity index (χ0n) is 15.6. The first-order valence-corrected chi connectivity index (χ1v) is 9.73. The molecule has 3 aromatic carbocycles.